The number of alkyl halides is 1. The van der Waals surface area contributed by atoms with Gasteiger partial charge in [-0.3, -0.25) is 0 Å². The summed E-state index contributed by atoms with van der Waals surface area (Å²) in [5.41, 5.74) is 1.35. The fourth-order valence-electron chi connectivity index (χ4n) is 2.08. The Morgan fingerprint density at radius 3 is 2.47 bits per heavy atom. The fraction of sp³-hybridized carbons (Fsp3) is 0.125. The van der Waals surface area contributed by atoms with Crippen LogP contribution in [0.5, 0.6) is 0 Å². The van der Waals surface area contributed by atoms with Gasteiger partial charge in [-0.15, -0.1) is 11.3 Å². The number of benzene rings is 2. The number of fused-ring (bicyclic) bond motifs is 1. The summed E-state index contributed by atoms with van der Waals surface area (Å²) in [6.45, 7) is 0. The molecule has 2 aromatic carbocycles. The van der Waals surface area contributed by atoms with Gasteiger partial charge in [0, 0.05) is 14.0 Å². The highest BCUT2D eigenvalue weighted by atomic mass is 79.9. The predicted molar refractivity (Wildman–Crippen MR) is 91.3 cm³/mol. The average Bonchev–Trinajstić information content (AvgIpc) is 2.85. The Balaban J connectivity index is 1.83. The first-order valence-electron chi connectivity index (χ1n) is 6.09. The van der Waals surface area contributed by atoms with Crippen molar-refractivity contribution in [2.45, 2.75) is 11.2 Å². The molecule has 1 unspecified atom stereocenters. The molecule has 19 heavy (non-hydrogen) atoms. The first-order chi connectivity index (χ1) is 9.22. The van der Waals surface area contributed by atoms with Crippen molar-refractivity contribution in [2.24, 2.45) is 0 Å². The summed E-state index contributed by atoms with van der Waals surface area (Å²) in [4.78, 5) is 1.77. The molecule has 96 valence electrons. The Morgan fingerprint density at radius 1 is 1.00 bits per heavy atom. The molecule has 3 aromatic rings. The molecule has 0 N–H and O–H groups in total. The van der Waals surface area contributed by atoms with Crippen LogP contribution in [-0.2, 0) is 6.42 Å². The minimum Gasteiger partial charge on any atom is -0.139 e. The van der Waals surface area contributed by atoms with Gasteiger partial charge in [0.1, 0.15) is 0 Å². The molecule has 1 heterocycles. The van der Waals surface area contributed by atoms with Crippen molar-refractivity contribution in [2.75, 3.05) is 0 Å². The van der Waals surface area contributed by atoms with Gasteiger partial charge in [-0.05, 0) is 41.6 Å². The van der Waals surface area contributed by atoms with Crippen molar-refractivity contribution in [3.05, 3.63) is 69.5 Å². The Morgan fingerprint density at radius 2 is 1.74 bits per heavy atom. The maximum Gasteiger partial charge on any atom is 0.0529 e. The summed E-state index contributed by atoms with van der Waals surface area (Å²) >= 11 is 9.16. The minimum atomic E-state index is 0.381. The van der Waals surface area contributed by atoms with Crippen molar-refractivity contribution < 1.29 is 0 Å². The topological polar surface area (TPSA) is 0 Å². The molecule has 0 aliphatic heterocycles. The highest BCUT2D eigenvalue weighted by Gasteiger charge is 2.12. The smallest absolute Gasteiger partial charge is 0.0529 e. The van der Waals surface area contributed by atoms with Crippen LogP contribution in [0.3, 0.4) is 0 Å². The predicted octanol–water partition coefficient (Wildman–Crippen LogP) is 6.34. The van der Waals surface area contributed by atoms with E-state index in [1.165, 1.54) is 20.5 Å². The second-order valence-electron chi connectivity index (χ2n) is 4.48. The number of thiophene rings is 1. The molecule has 3 rings (SSSR count). The number of rotatable bonds is 3. The van der Waals surface area contributed by atoms with Gasteiger partial charge >= 0.3 is 0 Å². The lowest BCUT2D eigenvalue weighted by molar-refractivity contribution is 0.970. The maximum atomic E-state index is 3.82. The first-order valence-corrected chi connectivity index (χ1v) is 8.62. The van der Waals surface area contributed by atoms with Crippen molar-refractivity contribution in [1.29, 1.82) is 0 Å². The normalized spacial score (nSPS) is 12.7. The van der Waals surface area contributed by atoms with Crippen LogP contribution in [0, 0.1) is 0 Å². The van der Waals surface area contributed by atoms with Gasteiger partial charge in [-0.25, -0.2) is 0 Å². The molecule has 0 aliphatic carbocycles. The third-order valence-electron chi connectivity index (χ3n) is 3.08. The Kier molecular flexibility index (Phi) is 4.06. The molecule has 0 bridgehead atoms. The second kappa shape index (κ2) is 5.78. The van der Waals surface area contributed by atoms with Gasteiger partial charge in [0.25, 0.3) is 0 Å². The Bertz CT molecular complexity index is 652. The molecule has 3 heteroatoms. The van der Waals surface area contributed by atoms with E-state index < -0.39 is 0 Å². The summed E-state index contributed by atoms with van der Waals surface area (Å²) in [5.74, 6) is 0. The summed E-state index contributed by atoms with van der Waals surface area (Å²) in [6.07, 6.45) is 1.01. The molecule has 0 saturated heterocycles. The molecule has 0 fully saturated rings. The molecule has 0 saturated carbocycles. The lowest BCUT2D eigenvalue weighted by Crippen LogP contribution is -1.92. The summed E-state index contributed by atoms with van der Waals surface area (Å²) in [7, 11) is 0. The van der Waals surface area contributed by atoms with E-state index in [0.29, 0.717) is 4.83 Å². The zero-order valence-corrected chi connectivity index (χ0v) is 14.1. The SMILES string of the molecule is Brc1ccc(CC(Br)c2cc3ccccc3s2)cc1. The molecular weight excluding hydrogens is 384 g/mol. The monoisotopic (exact) mass is 394 g/mol. The quantitative estimate of drug-likeness (QED) is 0.453. The van der Waals surface area contributed by atoms with E-state index >= 15 is 0 Å². The zero-order valence-electron chi connectivity index (χ0n) is 10.1. The first kappa shape index (κ1) is 13.3. The van der Waals surface area contributed by atoms with Gasteiger partial charge in [0.05, 0.1) is 4.83 Å². The van der Waals surface area contributed by atoms with Crippen LogP contribution in [-0.4, -0.2) is 0 Å². The molecule has 0 aliphatic rings. The van der Waals surface area contributed by atoms with Crippen molar-refractivity contribution in [3.63, 3.8) is 0 Å². The zero-order chi connectivity index (χ0) is 13.2. The van der Waals surface area contributed by atoms with E-state index in [4.69, 9.17) is 0 Å². The standard InChI is InChI=1S/C16H12Br2S/c17-13-7-5-11(6-8-13)9-14(18)16-10-12-3-1-2-4-15(12)19-16/h1-8,10,14H,9H2. The van der Waals surface area contributed by atoms with Gasteiger partial charge in [0.2, 0.25) is 0 Å². The minimum absolute atomic E-state index is 0.381. The lowest BCUT2D eigenvalue weighted by atomic mass is 10.1. The van der Waals surface area contributed by atoms with Crippen LogP contribution in [0.25, 0.3) is 10.1 Å². The molecule has 1 atom stereocenters. The third kappa shape index (κ3) is 3.10. The molecule has 0 spiro atoms. The summed E-state index contributed by atoms with van der Waals surface area (Å²) in [5, 5.41) is 1.34. The van der Waals surface area contributed by atoms with Crippen molar-refractivity contribution >= 4 is 53.3 Å². The lowest BCUT2D eigenvalue weighted by Gasteiger charge is -2.07. The largest absolute Gasteiger partial charge is 0.139 e. The Labute approximate surface area is 133 Å². The second-order valence-corrected chi connectivity index (χ2v) is 7.62. The third-order valence-corrected chi connectivity index (χ3v) is 5.96. The number of hydrogen-bond acceptors (Lipinski definition) is 1. The van der Waals surface area contributed by atoms with Crippen LogP contribution in [0.15, 0.2) is 59.1 Å². The molecular formula is C16H12Br2S. The highest BCUT2D eigenvalue weighted by molar-refractivity contribution is 9.10. The summed E-state index contributed by atoms with van der Waals surface area (Å²) < 4.78 is 2.49. The van der Waals surface area contributed by atoms with Crippen LogP contribution in [0.1, 0.15) is 15.3 Å². The van der Waals surface area contributed by atoms with E-state index in [0.717, 1.165) is 10.9 Å². The molecule has 0 nitrogen and oxygen atoms in total. The van der Waals surface area contributed by atoms with Gasteiger partial charge in [0.15, 0.2) is 0 Å². The number of hydrogen-bond donors (Lipinski definition) is 0. The molecule has 0 amide bonds. The average molecular weight is 396 g/mol. The number of halogens is 2. The van der Waals surface area contributed by atoms with E-state index in [-0.39, 0.29) is 0 Å². The van der Waals surface area contributed by atoms with E-state index in [2.05, 4.69) is 86.5 Å². The Hall–Kier alpha value is -0.640. The van der Waals surface area contributed by atoms with E-state index in [1.54, 1.807) is 0 Å². The molecule has 1 aromatic heterocycles. The van der Waals surface area contributed by atoms with Crippen molar-refractivity contribution in [3.8, 4) is 0 Å². The van der Waals surface area contributed by atoms with Crippen LogP contribution in [0.4, 0.5) is 0 Å². The van der Waals surface area contributed by atoms with Gasteiger partial charge in [-0.2, -0.15) is 0 Å². The van der Waals surface area contributed by atoms with Gasteiger partial charge in [-0.1, -0.05) is 62.2 Å². The highest BCUT2D eigenvalue weighted by Crippen LogP contribution is 2.36. The van der Waals surface area contributed by atoms with E-state index in [9.17, 15) is 0 Å². The van der Waals surface area contributed by atoms with Crippen LogP contribution in [0.2, 0.25) is 0 Å². The van der Waals surface area contributed by atoms with Crippen LogP contribution >= 0.6 is 43.2 Å². The van der Waals surface area contributed by atoms with E-state index in [1.807, 2.05) is 11.3 Å². The fourth-order valence-corrected chi connectivity index (χ4v) is 4.18. The van der Waals surface area contributed by atoms with Gasteiger partial charge < -0.3 is 0 Å². The molecule has 0 radical (unpaired) electrons. The van der Waals surface area contributed by atoms with Crippen LogP contribution < -0.4 is 0 Å². The maximum absolute atomic E-state index is 3.82. The summed E-state index contributed by atoms with van der Waals surface area (Å²) in [6, 6.07) is 19.4. The van der Waals surface area contributed by atoms with Crippen molar-refractivity contribution in [1.82, 2.24) is 0 Å².